The summed E-state index contributed by atoms with van der Waals surface area (Å²) in [6.07, 6.45) is 1.39. The van der Waals surface area contributed by atoms with E-state index in [0.717, 1.165) is 22.8 Å². The molecule has 4 rings (SSSR count). The topological polar surface area (TPSA) is 90.3 Å². The summed E-state index contributed by atoms with van der Waals surface area (Å²) in [5.74, 6) is -0.617. The lowest BCUT2D eigenvalue weighted by atomic mass is 9.92. The summed E-state index contributed by atoms with van der Waals surface area (Å²) in [4.78, 5) is 17.0. The second kappa shape index (κ2) is 9.37. The third kappa shape index (κ3) is 5.75. The van der Waals surface area contributed by atoms with Crippen molar-refractivity contribution in [3.8, 4) is 5.69 Å². The Balaban J connectivity index is 1.42. The molecule has 9 heteroatoms. The van der Waals surface area contributed by atoms with Gasteiger partial charge in [-0.25, -0.2) is 9.48 Å². The van der Waals surface area contributed by atoms with Gasteiger partial charge in [0, 0.05) is 10.4 Å². The van der Waals surface area contributed by atoms with Crippen LogP contribution in [0.2, 0.25) is 5.02 Å². The van der Waals surface area contributed by atoms with Crippen molar-refractivity contribution in [2.24, 2.45) is 0 Å². The fraction of sp³-hybridized carbons (Fsp3) is 0.400. The van der Waals surface area contributed by atoms with E-state index >= 15 is 0 Å². The molecule has 0 spiro atoms. The van der Waals surface area contributed by atoms with Crippen molar-refractivity contribution in [3.05, 3.63) is 70.8 Å². The van der Waals surface area contributed by atoms with Crippen LogP contribution in [0.5, 0.6) is 0 Å². The smallest absolute Gasteiger partial charge is 0.319 e. The van der Waals surface area contributed by atoms with Crippen LogP contribution in [-0.2, 0) is 21.4 Å². The number of rotatable bonds is 5. The molecule has 0 aliphatic carbocycles. The first-order chi connectivity index (χ1) is 16.0. The van der Waals surface area contributed by atoms with Crippen molar-refractivity contribution in [1.82, 2.24) is 20.1 Å². The maximum atomic E-state index is 12.6. The van der Waals surface area contributed by atoms with Gasteiger partial charge in [-0.05, 0) is 50.2 Å². The van der Waals surface area contributed by atoms with Crippen molar-refractivity contribution in [1.29, 1.82) is 0 Å². The standard InChI is InChI=1S/C25H30ClN5O3/c1-24(2,3)22-12-19(31(30-22)18-8-6-7-16(26)11-18)14-28-23(32)29-17-9-10-20(27-13-17)21-15-33-25(4,5)34-21/h6-13,21H,14-15H2,1-5H3,(H2,28,29,32). The number of anilines is 1. The fourth-order valence-corrected chi connectivity index (χ4v) is 3.78. The molecule has 3 aromatic rings. The van der Waals surface area contributed by atoms with Gasteiger partial charge in [0.05, 0.1) is 47.8 Å². The SMILES string of the molecule is CC1(C)OCC(c2ccc(NC(=O)NCc3cc(C(C)(C)C)nn3-c3cccc(Cl)c3)cn2)O1. The number of benzene rings is 1. The van der Waals surface area contributed by atoms with E-state index in [1.54, 1.807) is 12.3 Å². The van der Waals surface area contributed by atoms with Crippen LogP contribution in [-0.4, -0.2) is 33.2 Å². The van der Waals surface area contributed by atoms with Gasteiger partial charge in [-0.15, -0.1) is 0 Å². The maximum absolute atomic E-state index is 12.6. The van der Waals surface area contributed by atoms with Gasteiger partial charge in [0.1, 0.15) is 6.10 Å². The highest BCUT2D eigenvalue weighted by Gasteiger charge is 2.34. The molecule has 2 aromatic heterocycles. The first kappa shape index (κ1) is 24.2. The van der Waals surface area contributed by atoms with Crippen LogP contribution in [0.25, 0.3) is 5.69 Å². The first-order valence-electron chi connectivity index (χ1n) is 11.2. The van der Waals surface area contributed by atoms with Crippen LogP contribution in [0.1, 0.15) is 57.8 Å². The highest BCUT2D eigenvalue weighted by atomic mass is 35.5. The van der Waals surface area contributed by atoms with E-state index in [2.05, 4.69) is 36.4 Å². The molecular weight excluding hydrogens is 454 g/mol. The molecule has 1 fully saturated rings. The number of halogens is 1. The van der Waals surface area contributed by atoms with E-state index < -0.39 is 5.79 Å². The van der Waals surface area contributed by atoms with Gasteiger partial charge >= 0.3 is 6.03 Å². The van der Waals surface area contributed by atoms with Gasteiger partial charge in [0.25, 0.3) is 0 Å². The third-order valence-electron chi connectivity index (χ3n) is 5.42. The minimum absolute atomic E-state index is 0.141. The van der Waals surface area contributed by atoms with Gasteiger partial charge in [0.2, 0.25) is 0 Å². The molecule has 34 heavy (non-hydrogen) atoms. The van der Waals surface area contributed by atoms with E-state index in [4.69, 9.17) is 26.2 Å². The van der Waals surface area contributed by atoms with Crippen LogP contribution in [0.3, 0.4) is 0 Å². The lowest BCUT2D eigenvalue weighted by Crippen LogP contribution is -2.29. The summed E-state index contributed by atoms with van der Waals surface area (Å²) in [6, 6.07) is 12.8. The number of aromatic nitrogens is 3. The number of hydrogen-bond donors (Lipinski definition) is 2. The number of hydrogen-bond acceptors (Lipinski definition) is 5. The zero-order chi connectivity index (χ0) is 24.5. The Labute approximate surface area is 204 Å². The minimum Gasteiger partial charge on any atom is -0.347 e. The number of nitrogens with one attached hydrogen (secondary N) is 2. The van der Waals surface area contributed by atoms with Gasteiger partial charge in [0.15, 0.2) is 5.79 Å². The second-order valence-electron chi connectivity index (χ2n) is 9.76. The summed E-state index contributed by atoms with van der Waals surface area (Å²) < 4.78 is 13.2. The molecule has 0 bridgehead atoms. The highest BCUT2D eigenvalue weighted by Crippen LogP contribution is 2.32. The molecular formula is C25H30ClN5O3. The predicted molar refractivity (Wildman–Crippen MR) is 131 cm³/mol. The molecule has 1 aromatic carbocycles. The zero-order valence-corrected chi connectivity index (χ0v) is 20.8. The number of carbonyl (C=O) groups excluding carboxylic acids is 1. The van der Waals surface area contributed by atoms with E-state index in [9.17, 15) is 4.79 Å². The molecule has 0 radical (unpaired) electrons. The van der Waals surface area contributed by atoms with Crippen LogP contribution in [0, 0.1) is 0 Å². The van der Waals surface area contributed by atoms with E-state index in [0.29, 0.717) is 17.3 Å². The summed E-state index contributed by atoms with van der Waals surface area (Å²) in [5, 5.41) is 11.1. The molecule has 1 atom stereocenters. The molecule has 1 aliphatic heterocycles. The molecule has 3 heterocycles. The van der Waals surface area contributed by atoms with Gasteiger partial charge < -0.3 is 20.1 Å². The monoisotopic (exact) mass is 483 g/mol. The second-order valence-corrected chi connectivity index (χ2v) is 10.2. The number of amides is 2. The Bertz CT molecular complexity index is 1170. The zero-order valence-electron chi connectivity index (χ0n) is 20.1. The lowest BCUT2D eigenvalue weighted by Gasteiger charge is -2.16. The summed E-state index contributed by atoms with van der Waals surface area (Å²) in [6.45, 7) is 10.8. The molecule has 1 unspecified atom stereocenters. The van der Waals surface area contributed by atoms with E-state index in [-0.39, 0.29) is 24.1 Å². The predicted octanol–water partition coefficient (Wildman–Crippen LogP) is 5.36. The lowest BCUT2D eigenvalue weighted by molar-refractivity contribution is -0.139. The van der Waals surface area contributed by atoms with Crippen LogP contribution >= 0.6 is 11.6 Å². The molecule has 180 valence electrons. The quantitative estimate of drug-likeness (QED) is 0.509. The van der Waals surface area contributed by atoms with Crippen molar-refractivity contribution >= 4 is 23.3 Å². The molecule has 0 saturated carbocycles. The number of pyridine rings is 1. The normalized spacial score (nSPS) is 17.5. The van der Waals surface area contributed by atoms with Crippen LogP contribution in [0.15, 0.2) is 48.7 Å². The Kier molecular flexibility index (Phi) is 6.66. The Hall–Kier alpha value is -2.94. The molecule has 2 N–H and O–H groups in total. The Morgan fingerprint density at radius 3 is 2.65 bits per heavy atom. The molecule has 2 amide bonds. The molecule has 1 aliphatic rings. The maximum Gasteiger partial charge on any atom is 0.319 e. The average Bonchev–Trinajstić information content (AvgIpc) is 3.36. The minimum atomic E-state index is -0.617. The number of nitrogens with zero attached hydrogens (tertiary/aromatic N) is 3. The number of ether oxygens (including phenoxy) is 2. The van der Waals surface area contributed by atoms with Crippen LogP contribution < -0.4 is 10.6 Å². The highest BCUT2D eigenvalue weighted by molar-refractivity contribution is 6.30. The van der Waals surface area contributed by atoms with Gasteiger partial charge in [-0.3, -0.25) is 4.98 Å². The average molecular weight is 484 g/mol. The molecule has 1 saturated heterocycles. The summed E-state index contributed by atoms with van der Waals surface area (Å²) in [7, 11) is 0. The van der Waals surface area contributed by atoms with Crippen molar-refractivity contribution in [2.75, 3.05) is 11.9 Å². The third-order valence-corrected chi connectivity index (χ3v) is 5.65. The van der Waals surface area contributed by atoms with Gasteiger partial charge in [-0.2, -0.15) is 5.10 Å². The summed E-state index contributed by atoms with van der Waals surface area (Å²) in [5.41, 5.74) is 3.80. The number of carbonyl (C=O) groups is 1. The van der Waals surface area contributed by atoms with Gasteiger partial charge in [-0.1, -0.05) is 38.4 Å². The first-order valence-corrected chi connectivity index (χ1v) is 11.6. The molecule has 8 nitrogen and oxygen atoms in total. The van der Waals surface area contributed by atoms with Crippen molar-refractivity contribution in [2.45, 2.75) is 58.5 Å². The van der Waals surface area contributed by atoms with Crippen molar-refractivity contribution < 1.29 is 14.3 Å². The van der Waals surface area contributed by atoms with E-state index in [1.165, 1.54) is 0 Å². The number of urea groups is 1. The fourth-order valence-electron chi connectivity index (χ4n) is 3.59. The van der Waals surface area contributed by atoms with Crippen molar-refractivity contribution in [3.63, 3.8) is 0 Å². The Morgan fingerprint density at radius 1 is 1.24 bits per heavy atom. The summed E-state index contributed by atoms with van der Waals surface area (Å²) >= 11 is 6.19. The Morgan fingerprint density at radius 2 is 2.03 bits per heavy atom. The largest absolute Gasteiger partial charge is 0.347 e. The van der Waals surface area contributed by atoms with E-state index in [1.807, 2.05) is 54.9 Å². The van der Waals surface area contributed by atoms with Crippen LogP contribution in [0.4, 0.5) is 10.5 Å².